The van der Waals surface area contributed by atoms with E-state index in [0.717, 1.165) is 32.5 Å². The number of nitrogens with one attached hydrogen (secondary N) is 1. The second-order valence-electron chi connectivity index (χ2n) is 5.31. The first-order valence-corrected chi connectivity index (χ1v) is 7.41. The largest absolute Gasteiger partial charge is 0.330 e. The molecule has 0 spiro atoms. The van der Waals surface area contributed by atoms with Crippen molar-refractivity contribution in [3.05, 3.63) is 34.9 Å². The number of fused-ring (bicyclic) bond motifs is 1. The maximum atomic E-state index is 5.47. The lowest BCUT2D eigenvalue weighted by atomic mass is 9.90. The maximum Gasteiger partial charge on any atom is -0.000835 e. The van der Waals surface area contributed by atoms with Gasteiger partial charge in [0.15, 0.2) is 0 Å². The third-order valence-corrected chi connectivity index (χ3v) is 3.81. The Labute approximate surface area is 111 Å². The van der Waals surface area contributed by atoms with Crippen LogP contribution in [0.2, 0.25) is 0 Å². The van der Waals surface area contributed by atoms with Crippen LogP contribution in [0.3, 0.4) is 0 Å². The zero-order valence-electron chi connectivity index (χ0n) is 11.4. The zero-order chi connectivity index (χ0) is 12.6. The monoisotopic (exact) mass is 246 g/mol. The first-order chi connectivity index (χ1) is 8.90. The van der Waals surface area contributed by atoms with E-state index in [-0.39, 0.29) is 0 Å². The minimum Gasteiger partial charge on any atom is -0.330 e. The first-order valence-electron chi connectivity index (χ1n) is 7.41. The molecule has 0 fully saturated rings. The summed E-state index contributed by atoms with van der Waals surface area (Å²) in [6.45, 7) is 3.00. The zero-order valence-corrected chi connectivity index (χ0v) is 11.4. The van der Waals surface area contributed by atoms with Crippen LogP contribution in [0.15, 0.2) is 18.2 Å². The number of unbranched alkanes of at least 4 members (excludes halogenated alkanes) is 1. The lowest BCUT2D eigenvalue weighted by Gasteiger charge is -2.16. The van der Waals surface area contributed by atoms with E-state index < -0.39 is 0 Å². The van der Waals surface area contributed by atoms with Crippen molar-refractivity contribution in [2.45, 2.75) is 44.9 Å². The van der Waals surface area contributed by atoms with Crippen molar-refractivity contribution in [1.29, 1.82) is 0 Å². The molecule has 100 valence electrons. The average Bonchev–Trinajstić information content (AvgIpc) is 2.42. The van der Waals surface area contributed by atoms with Crippen LogP contribution in [0.25, 0.3) is 0 Å². The number of aryl methyl sites for hydroxylation is 2. The molecular formula is C16H26N2. The summed E-state index contributed by atoms with van der Waals surface area (Å²) in [6, 6.07) is 7.08. The fourth-order valence-corrected chi connectivity index (χ4v) is 2.69. The van der Waals surface area contributed by atoms with Crippen LogP contribution in [-0.4, -0.2) is 19.6 Å². The predicted octanol–water partition coefficient (Wildman–Crippen LogP) is 2.44. The Kier molecular flexibility index (Phi) is 5.69. The molecule has 0 amide bonds. The van der Waals surface area contributed by atoms with E-state index in [0.29, 0.717) is 0 Å². The summed E-state index contributed by atoms with van der Waals surface area (Å²) in [5.74, 6) is 0. The van der Waals surface area contributed by atoms with Gasteiger partial charge in [0.25, 0.3) is 0 Å². The summed E-state index contributed by atoms with van der Waals surface area (Å²) >= 11 is 0. The molecule has 0 radical (unpaired) electrons. The van der Waals surface area contributed by atoms with Gasteiger partial charge in [-0.15, -0.1) is 0 Å². The van der Waals surface area contributed by atoms with Gasteiger partial charge >= 0.3 is 0 Å². The highest BCUT2D eigenvalue weighted by atomic mass is 14.8. The SMILES string of the molecule is NCCCCNCCc1ccc2c(c1)CCCC2. The molecule has 0 bridgehead atoms. The molecule has 0 heterocycles. The van der Waals surface area contributed by atoms with Crippen LogP contribution >= 0.6 is 0 Å². The van der Waals surface area contributed by atoms with Gasteiger partial charge in [0.05, 0.1) is 0 Å². The Hall–Kier alpha value is -0.860. The highest BCUT2D eigenvalue weighted by molar-refractivity contribution is 5.33. The molecule has 2 rings (SSSR count). The smallest absolute Gasteiger partial charge is 0.000835 e. The highest BCUT2D eigenvalue weighted by Crippen LogP contribution is 2.22. The first kappa shape index (κ1) is 13.6. The van der Waals surface area contributed by atoms with Gasteiger partial charge in [-0.2, -0.15) is 0 Å². The van der Waals surface area contributed by atoms with Crippen molar-refractivity contribution >= 4 is 0 Å². The highest BCUT2D eigenvalue weighted by Gasteiger charge is 2.08. The fraction of sp³-hybridized carbons (Fsp3) is 0.625. The van der Waals surface area contributed by atoms with Gasteiger partial charge in [-0.25, -0.2) is 0 Å². The third-order valence-electron chi connectivity index (χ3n) is 3.81. The molecule has 1 aliphatic rings. The molecule has 0 aromatic heterocycles. The van der Waals surface area contributed by atoms with Crippen LogP contribution in [0, 0.1) is 0 Å². The standard InChI is InChI=1S/C16H26N2/c17-10-3-4-11-18-12-9-14-7-8-15-5-1-2-6-16(15)13-14/h7-8,13,18H,1-6,9-12,17H2. The van der Waals surface area contributed by atoms with Gasteiger partial charge in [-0.1, -0.05) is 18.2 Å². The molecule has 3 N–H and O–H groups in total. The Bertz CT molecular complexity index is 360. The quantitative estimate of drug-likeness (QED) is 0.725. The van der Waals surface area contributed by atoms with Crippen molar-refractivity contribution in [3.8, 4) is 0 Å². The predicted molar refractivity (Wildman–Crippen MR) is 77.9 cm³/mol. The third kappa shape index (κ3) is 4.11. The summed E-state index contributed by atoms with van der Waals surface area (Å²) < 4.78 is 0. The molecule has 1 aromatic carbocycles. The fourth-order valence-electron chi connectivity index (χ4n) is 2.69. The van der Waals surface area contributed by atoms with E-state index in [9.17, 15) is 0 Å². The van der Waals surface area contributed by atoms with Gasteiger partial charge in [0, 0.05) is 0 Å². The molecule has 0 unspecified atom stereocenters. The molecule has 18 heavy (non-hydrogen) atoms. The van der Waals surface area contributed by atoms with Gasteiger partial charge < -0.3 is 11.1 Å². The van der Waals surface area contributed by atoms with Crippen LogP contribution < -0.4 is 11.1 Å². The van der Waals surface area contributed by atoms with Crippen LogP contribution in [0.1, 0.15) is 42.4 Å². The second kappa shape index (κ2) is 7.55. The Morgan fingerprint density at radius 1 is 1.00 bits per heavy atom. The van der Waals surface area contributed by atoms with Crippen LogP contribution in [0.5, 0.6) is 0 Å². The van der Waals surface area contributed by atoms with Gasteiger partial charge in [-0.3, -0.25) is 0 Å². The van der Waals surface area contributed by atoms with Crippen LogP contribution in [0.4, 0.5) is 0 Å². The minimum atomic E-state index is 0.812. The molecule has 0 saturated carbocycles. The molecule has 0 aliphatic heterocycles. The molecule has 2 nitrogen and oxygen atoms in total. The van der Waals surface area contributed by atoms with E-state index in [4.69, 9.17) is 5.73 Å². The number of hydrogen-bond acceptors (Lipinski definition) is 2. The molecule has 0 atom stereocenters. The van der Waals surface area contributed by atoms with Crippen LogP contribution in [-0.2, 0) is 19.3 Å². The maximum absolute atomic E-state index is 5.47. The van der Waals surface area contributed by atoms with Crippen molar-refractivity contribution in [2.75, 3.05) is 19.6 Å². The normalized spacial score (nSPS) is 14.5. The summed E-state index contributed by atoms with van der Waals surface area (Å²) in [7, 11) is 0. The average molecular weight is 246 g/mol. The molecule has 1 aliphatic carbocycles. The van der Waals surface area contributed by atoms with Gasteiger partial charge in [0.2, 0.25) is 0 Å². The van der Waals surface area contributed by atoms with Crippen molar-refractivity contribution in [1.82, 2.24) is 5.32 Å². The number of hydrogen-bond donors (Lipinski definition) is 2. The van der Waals surface area contributed by atoms with Crippen molar-refractivity contribution in [2.24, 2.45) is 5.73 Å². The Balaban J connectivity index is 1.72. The molecular weight excluding hydrogens is 220 g/mol. The Morgan fingerprint density at radius 2 is 1.83 bits per heavy atom. The van der Waals surface area contributed by atoms with Gasteiger partial charge in [0.1, 0.15) is 0 Å². The van der Waals surface area contributed by atoms with E-state index in [1.54, 1.807) is 11.1 Å². The minimum absolute atomic E-state index is 0.812. The summed E-state index contributed by atoms with van der Waals surface area (Å²) in [6.07, 6.45) is 8.78. The van der Waals surface area contributed by atoms with E-state index in [1.165, 1.54) is 37.7 Å². The van der Waals surface area contributed by atoms with Gasteiger partial charge in [-0.05, 0) is 81.3 Å². The lowest BCUT2D eigenvalue weighted by Crippen LogP contribution is -2.19. The van der Waals surface area contributed by atoms with E-state index in [2.05, 4.69) is 23.5 Å². The molecule has 2 heteroatoms. The summed E-state index contributed by atoms with van der Waals surface area (Å²) in [4.78, 5) is 0. The lowest BCUT2D eigenvalue weighted by molar-refractivity contribution is 0.626. The Morgan fingerprint density at radius 3 is 2.67 bits per heavy atom. The van der Waals surface area contributed by atoms with E-state index >= 15 is 0 Å². The summed E-state index contributed by atoms with van der Waals surface area (Å²) in [5.41, 5.74) is 10.1. The van der Waals surface area contributed by atoms with E-state index in [1.807, 2.05) is 0 Å². The number of benzene rings is 1. The second-order valence-corrected chi connectivity index (χ2v) is 5.31. The number of rotatable bonds is 7. The van der Waals surface area contributed by atoms with Crippen molar-refractivity contribution in [3.63, 3.8) is 0 Å². The van der Waals surface area contributed by atoms with Crippen molar-refractivity contribution < 1.29 is 0 Å². The molecule has 1 aromatic rings. The molecule has 0 saturated heterocycles. The summed E-state index contributed by atoms with van der Waals surface area (Å²) in [5, 5.41) is 3.49. The topological polar surface area (TPSA) is 38.0 Å². The number of nitrogens with two attached hydrogens (primary N) is 1.